The highest BCUT2D eigenvalue weighted by Gasteiger charge is 2.48. The molecule has 7 N–H and O–H groups in total. The van der Waals surface area contributed by atoms with E-state index in [0.29, 0.717) is 82.2 Å². The number of alkyl carbamates (subject to hydrolysis) is 1. The minimum absolute atomic E-state index is 0.00690. The van der Waals surface area contributed by atoms with Gasteiger partial charge in [0.2, 0.25) is 5.96 Å². The van der Waals surface area contributed by atoms with Gasteiger partial charge in [-0.15, -0.1) is 21.6 Å². The Bertz CT molecular complexity index is 1930. The normalized spacial score (nSPS) is 20.2. The monoisotopic (exact) mass is 895 g/mol. The number of nitrogens with zero attached hydrogens (tertiary/aromatic N) is 7. The first kappa shape index (κ1) is 49.3. The molecule has 4 fully saturated rings. The molecule has 346 valence electrons. The van der Waals surface area contributed by atoms with Crippen LogP contribution in [0.25, 0.3) is 0 Å². The SMILES string of the molecule is C#CCCN(C(=O)O)C1CCN(C(=NC(=O)OC(C)(C)C)NC(=O)OC(C)(C)C)CC1.N=C(N)N1CCC(NCCc2cc([C@@H]3CC[C@@H]4CN3C(=O)N4OS(=O)(=O)O)no2)CC1. The van der Waals surface area contributed by atoms with Gasteiger partial charge in [-0.3, -0.25) is 15.3 Å². The first-order chi connectivity index (χ1) is 28.9. The van der Waals surface area contributed by atoms with Gasteiger partial charge < -0.3 is 49.8 Å². The van der Waals surface area contributed by atoms with Gasteiger partial charge in [0, 0.05) is 76.8 Å². The number of hydrogen-bond acceptors (Lipinski definition) is 13. The zero-order valence-corrected chi connectivity index (χ0v) is 37.0. The van der Waals surface area contributed by atoms with E-state index in [1.54, 1.807) is 46.4 Å². The summed E-state index contributed by atoms with van der Waals surface area (Å²) in [6.07, 6.45) is 7.52. The van der Waals surface area contributed by atoms with Crippen molar-refractivity contribution in [3.63, 3.8) is 0 Å². The van der Waals surface area contributed by atoms with E-state index >= 15 is 0 Å². The van der Waals surface area contributed by atoms with Crippen molar-refractivity contribution < 1.29 is 55.5 Å². The van der Waals surface area contributed by atoms with Gasteiger partial charge in [0.15, 0.2) is 5.96 Å². The quantitative estimate of drug-likeness (QED) is 0.0851. The lowest BCUT2D eigenvalue weighted by atomic mass is 9.98. The summed E-state index contributed by atoms with van der Waals surface area (Å²) in [6.45, 7) is 13.9. The number of nitrogens with one attached hydrogen (secondary N) is 3. The Labute approximate surface area is 362 Å². The van der Waals surface area contributed by atoms with Gasteiger partial charge >= 0.3 is 34.7 Å². The lowest BCUT2D eigenvalue weighted by molar-refractivity contribution is -0.0317. The third-order valence-corrected chi connectivity index (χ3v) is 10.6. The molecule has 0 unspecified atom stereocenters. The van der Waals surface area contributed by atoms with Crippen LogP contribution in [-0.4, -0.2) is 159 Å². The summed E-state index contributed by atoms with van der Waals surface area (Å²) >= 11 is 0. The van der Waals surface area contributed by atoms with Crippen molar-refractivity contribution in [2.45, 2.75) is 128 Å². The number of carboxylic acid groups (broad SMARTS) is 1. The smallest absolute Gasteiger partial charge is 0.437 e. The van der Waals surface area contributed by atoms with Crippen molar-refractivity contribution in [3.8, 4) is 12.3 Å². The third-order valence-electron chi connectivity index (χ3n) is 10.2. The maximum absolute atomic E-state index is 12.5. The summed E-state index contributed by atoms with van der Waals surface area (Å²) in [5.74, 6) is 3.27. The summed E-state index contributed by atoms with van der Waals surface area (Å²) < 4.78 is 51.3. The number of carbonyl (C=O) groups excluding carboxylic acids is 3. The van der Waals surface area contributed by atoms with E-state index in [1.807, 2.05) is 11.0 Å². The Hall–Kier alpha value is -5.38. The van der Waals surface area contributed by atoms with Crippen molar-refractivity contribution in [2.24, 2.45) is 10.7 Å². The van der Waals surface area contributed by atoms with E-state index in [2.05, 4.69) is 31.0 Å². The summed E-state index contributed by atoms with van der Waals surface area (Å²) in [5, 5.41) is 27.8. The van der Waals surface area contributed by atoms with Crippen LogP contribution in [0.2, 0.25) is 0 Å². The van der Waals surface area contributed by atoms with Crippen molar-refractivity contribution in [3.05, 3.63) is 17.5 Å². The molecule has 2 atom stereocenters. The molecule has 0 radical (unpaired) electrons. The number of hydroxylamine groups is 2. The number of amides is 5. The highest BCUT2D eigenvalue weighted by molar-refractivity contribution is 7.80. The molecule has 0 aliphatic carbocycles. The minimum atomic E-state index is -4.77. The fourth-order valence-electron chi connectivity index (χ4n) is 7.42. The average Bonchev–Trinajstić information content (AvgIpc) is 3.72. The molecule has 5 heterocycles. The number of guanidine groups is 2. The fourth-order valence-corrected chi connectivity index (χ4v) is 7.81. The molecule has 0 saturated carbocycles. The highest BCUT2D eigenvalue weighted by atomic mass is 32.3. The van der Waals surface area contributed by atoms with E-state index in [-0.39, 0.29) is 30.5 Å². The van der Waals surface area contributed by atoms with Crippen LogP contribution in [0.4, 0.5) is 19.2 Å². The molecule has 5 amide bonds. The van der Waals surface area contributed by atoms with Gasteiger partial charge in [-0.25, -0.2) is 19.2 Å². The van der Waals surface area contributed by atoms with Gasteiger partial charge in [-0.1, -0.05) is 5.16 Å². The number of rotatable bonds is 10. The molecule has 1 aromatic rings. The van der Waals surface area contributed by atoms with Crippen LogP contribution in [0.3, 0.4) is 0 Å². The fraction of sp³-hybridized carbons (Fsp3) is 0.711. The molecule has 4 aliphatic rings. The number of urea groups is 1. The average molecular weight is 896 g/mol. The van der Waals surface area contributed by atoms with Crippen LogP contribution in [-0.2, 0) is 30.6 Å². The Balaban J connectivity index is 0.000000273. The highest BCUT2D eigenvalue weighted by Crippen LogP contribution is 2.38. The lowest BCUT2D eigenvalue weighted by Crippen LogP contribution is -2.53. The summed E-state index contributed by atoms with van der Waals surface area (Å²) in [5.41, 5.74) is 4.66. The van der Waals surface area contributed by atoms with Crippen molar-refractivity contribution in [2.75, 3.05) is 45.8 Å². The van der Waals surface area contributed by atoms with Crippen molar-refractivity contribution >= 4 is 46.6 Å². The number of carbonyl (C=O) groups is 4. The second-order valence-corrected chi connectivity index (χ2v) is 18.3. The number of fused-ring (bicyclic) bond motifs is 2. The number of nitrogens with two attached hydrogens (primary N) is 1. The van der Waals surface area contributed by atoms with Crippen LogP contribution in [0, 0.1) is 17.8 Å². The van der Waals surface area contributed by atoms with Crippen LogP contribution in [0.1, 0.15) is 104 Å². The lowest BCUT2D eigenvalue weighted by Gasteiger charge is -2.38. The number of aromatic nitrogens is 1. The number of likely N-dealkylation sites (tertiary alicyclic amines) is 2. The maximum Gasteiger partial charge on any atom is 0.437 e. The zero-order valence-electron chi connectivity index (χ0n) is 36.2. The summed E-state index contributed by atoms with van der Waals surface area (Å²) in [7, 11) is -4.77. The first-order valence-corrected chi connectivity index (χ1v) is 21.8. The van der Waals surface area contributed by atoms with Gasteiger partial charge in [0.1, 0.15) is 22.7 Å². The predicted octanol–water partition coefficient (Wildman–Crippen LogP) is 3.11. The van der Waals surface area contributed by atoms with E-state index in [0.717, 1.165) is 31.0 Å². The van der Waals surface area contributed by atoms with Gasteiger partial charge in [0.25, 0.3) is 0 Å². The molecular formula is C38H61N11O12S. The molecule has 62 heavy (non-hydrogen) atoms. The van der Waals surface area contributed by atoms with Crippen LogP contribution in [0.15, 0.2) is 15.6 Å². The molecule has 0 aromatic carbocycles. The molecular weight excluding hydrogens is 835 g/mol. The molecule has 0 spiro atoms. The minimum Gasteiger partial charge on any atom is -0.465 e. The number of hydrogen-bond donors (Lipinski definition) is 6. The molecule has 4 saturated heterocycles. The predicted molar refractivity (Wildman–Crippen MR) is 223 cm³/mol. The first-order valence-electron chi connectivity index (χ1n) is 20.5. The Morgan fingerprint density at radius 2 is 1.68 bits per heavy atom. The molecule has 24 heteroatoms. The molecule has 4 aliphatic heterocycles. The van der Waals surface area contributed by atoms with Crippen LogP contribution < -0.4 is 16.4 Å². The second kappa shape index (κ2) is 21.1. The molecule has 2 bridgehead atoms. The molecule has 5 rings (SSSR count). The second-order valence-electron chi connectivity index (χ2n) is 17.3. The van der Waals surface area contributed by atoms with E-state index < -0.39 is 52.0 Å². The molecule has 23 nitrogen and oxygen atoms in total. The topological polar surface area (TPSA) is 299 Å². The summed E-state index contributed by atoms with van der Waals surface area (Å²) in [4.78, 5) is 58.9. The Morgan fingerprint density at radius 1 is 1.05 bits per heavy atom. The number of terminal acetylenes is 1. The van der Waals surface area contributed by atoms with Gasteiger partial charge in [0.05, 0.1) is 12.1 Å². The Morgan fingerprint density at radius 3 is 2.24 bits per heavy atom. The standard InChI is InChI=1S/C21H34N4O6.C17H27N7O6S/c1-8-9-12-25(19(28)29)15-10-13-24(14-11-15)16(22-17(26)30-20(2,3)4)23-18(27)31-21(5,6)7;18-16(19)22-7-4-11(5-8-22)20-6-3-13-9-14(21-29-13)15-2-1-12-10-23(15)17(25)24(12)30-31(26,27)28/h1,15H,9-14H2,2-7H3,(H,28,29)(H,22,23,26,27);9,11-12,15,20H,1-8,10H2,(H3,18,19)(H,26,27,28)/t;12-,15+/m.1/s1. The zero-order chi connectivity index (χ0) is 46.0. The van der Waals surface area contributed by atoms with E-state index in [9.17, 15) is 32.7 Å². The van der Waals surface area contributed by atoms with Crippen LogP contribution in [0.5, 0.6) is 0 Å². The van der Waals surface area contributed by atoms with Crippen molar-refractivity contribution in [1.82, 2.24) is 40.5 Å². The number of ether oxygens (including phenoxy) is 2. The maximum atomic E-state index is 12.5. The van der Waals surface area contributed by atoms with Gasteiger partial charge in [-0.05, 0) is 80.1 Å². The summed E-state index contributed by atoms with van der Waals surface area (Å²) in [6, 6.07) is 0.588. The largest absolute Gasteiger partial charge is 0.465 e. The van der Waals surface area contributed by atoms with Crippen molar-refractivity contribution in [1.29, 1.82) is 5.41 Å². The van der Waals surface area contributed by atoms with Crippen LogP contribution >= 0.6 is 0 Å². The number of piperidine rings is 3. The van der Waals surface area contributed by atoms with Gasteiger partial charge in [-0.2, -0.15) is 13.5 Å². The third kappa shape index (κ3) is 15.2. The molecule has 1 aromatic heterocycles. The number of aliphatic imine (C=N–C) groups is 1. The van der Waals surface area contributed by atoms with E-state index in [1.165, 1.54) is 9.80 Å². The Kier molecular flexibility index (Phi) is 16.8. The van der Waals surface area contributed by atoms with E-state index in [4.69, 9.17) is 36.1 Å².